The smallest absolute Gasteiger partial charge is 1.00 e. The molecule has 0 aliphatic carbocycles. The molecule has 0 nitrogen and oxygen atoms in total. The van der Waals surface area contributed by atoms with Crippen LogP contribution in [0.3, 0.4) is 0 Å². The van der Waals surface area contributed by atoms with Crippen molar-refractivity contribution in [2.75, 3.05) is 0 Å². The molecule has 3 aromatic rings. The van der Waals surface area contributed by atoms with Crippen molar-refractivity contribution in [2.45, 2.75) is 20.8 Å². The van der Waals surface area contributed by atoms with Crippen LogP contribution in [0.15, 0.2) is 72.8 Å². The third-order valence-electron chi connectivity index (χ3n) is 4.02. The van der Waals surface area contributed by atoms with Gasteiger partial charge in [-0.25, -0.2) is 0 Å². The molecule has 0 heterocycles. The van der Waals surface area contributed by atoms with E-state index < -0.39 is 14.3 Å². The first-order valence-electron chi connectivity index (χ1n) is 7.71. The fourth-order valence-electron chi connectivity index (χ4n) is 2.66. The second kappa shape index (κ2) is 7.85. The first-order valence-corrected chi connectivity index (χ1v) is 10.9. The van der Waals surface area contributed by atoms with E-state index >= 15 is 0 Å². The number of hydrogen-bond acceptors (Lipinski definition) is 0. The summed E-state index contributed by atoms with van der Waals surface area (Å²) in [5, 5.41) is 0. The van der Waals surface area contributed by atoms with Crippen molar-refractivity contribution in [1.29, 1.82) is 0 Å². The fourth-order valence-corrected chi connectivity index (χ4v) is 7.91. The van der Waals surface area contributed by atoms with Gasteiger partial charge in [-0.05, 0) is 0 Å². The number of benzene rings is 3. The first kappa shape index (κ1) is 17.8. The van der Waals surface area contributed by atoms with Crippen molar-refractivity contribution in [1.82, 2.24) is 0 Å². The quantitative estimate of drug-likeness (QED) is 0.566. The average Bonchev–Trinajstić information content (AvgIpc) is 2.53. The van der Waals surface area contributed by atoms with Crippen LogP contribution >= 0.6 is 0 Å². The van der Waals surface area contributed by atoms with Gasteiger partial charge in [0.15, 0.2) is 0 Å². The van der Waals surface area contributed by atoms with E-state index in [1.165, 1.54) is 29.9 Å². The molecule has 0 saturated carbocycles. The molecule has 0 aromatic heterocycles. The van der Waals surface area contributed by atoms with Crippen molar-refractivity contribution in [3.05, 3.63) is 89.5 Å². The molecule has 0 N–H and O–H groups in total. The third kappa shape index (κ3) is 4.27. The average molecular weight is 381 g/mol. The van der Waals surface area contributed by atoms with Crippen molar-refractivity contribution < 1.29 is 12.4 Å². The van der Waals surface area contributed by atoms with E-state index in [1.54, 1.807) is 0 Å². The van der Waals surface area contributed by atoms with Gasteiger partial charge in [-0.1, -0.05) is 0 Å². The maximum absolute atomic E-state index is 2.32. The van der Waals surface area contributed by atoms with Gasteiger partial charge in [0.25, 0.3) is 0 Å². The van der Waals surface area contributed by atoms with Crippen LogP contribution in [0, 0.1) is 20.8 Å². The van der Waals surface area contributed by atoms with Crippen molar-refractivity contribution in [3.8, 4) is 0 Å². The maximum Gasteiger partial charge on any atom is -1.00 e. The van der Waals surface area contributed by atoms with Gasteiger partial charge in [0.05, 0.1) is 0 Å². The second-order valence-corrected chi connectivity index (χ2v) is 11.2. The molecule has 2 heteroatoms. The van der Waals surface area contributed by atoms with Gasteiger partial charge in [-0.2, -0.15) is 0 Å². The summed E-state index contributed by atoms with van der Waals surface area (Å²) in [7, 11) is 0. The van der Waals surface area contributed by atoms with Crippen LogP contribution in [0.4, 0.5) is 0 Å². The van der Waals surface area contributed by atoms with E-state index in [4.69, 9.17) is 0 Å². The predicted octanol–water partition coefficient (Wildman–Crippen LogP) is 0.132. The summed E-state index contributed by atoms with van der Waals surface area (Å²) in [6.07, 6.45) is 0. The second-order valence-electron chi connectivity index (χ2n) is 5.97. The van der Waals surface area contributed by atoms with E-state index in [9.17, 15) is 0 Å². The summed E-state index contributed by atoms with van der Waals surface area (Å²) in [5.74, 6) is 0. The number of hydrogen-bond donors (Lipinski definition) is 0. The van der Waals surface area contributed by atoms with E-state index in [2.05, 4.69) is 93.6 Å². The van der Waals surface area contributed by atoms with Crippen LogP contribution < -0.4 is 25.6 Å². The molecule has 3 aromatic carbocycles. The molecular weight excluding hydrogens is 360 g/mol. The van der Waals surface area contributed by atoms with Gasteiger partial charge in [0.2, 0.25) is 0 Å². The van der Waals surface area contributed by atoms with Crippen LogP contribution in [0.25, 0.3) is 0 Å². The molecule has 3 rings (SSSR count). The van der Waals surface area contributed by atoms with E-state index in [-0.39, 0.29) is 12.4 Å². The Bertz CT molecular complexity index is 635. The van der Waals surface area contributed by atoms with Gasteiger partial charge in [-0.15, -0.1) is 0 Å². The SMILES string of the molecule is Cc1cc[c]([Ge+]([c]2ccc(C)cc2)[c]2ccc(C)cc2)cc1.[Cl-]. The fraction of sp³-hybridized carbons (Fsp3) is 0.143. The Kier molecular flexibility index (Phi) is 6.09. The summed E-state index contributed by atoms with van der Waals surface area (Å²) >= 11 is -1.70. The molecule has 0 unspecified atom stereocenters. The number of halogens is 1. The van der Waals surface area contributed by atoms with Gasteiger partial charge in [0.1, 0.15) is 0 Å². The molecule has 0 radical (unpaired) electrons. The van der Waals surface area contributed by atoms with Crippen LogP contribution in [0.1, 0.15) is 16.7 Å². The van der Waals surface area contributed by atoms with Crippen LogP contribution in [0.2, 0.25) is 0 Å². The third-order valence-corrected chi connectivity index (χ3v) is 9.75. The zero-order valence-corrected chi connectivity index (χ0v) is 16.7. The summed E-state index contributed by atoms with van der Waals surface area (Å²) in [4.78, 5) is 0. The van der Waals surface area contributed by atoms with Crippen molar-refractivity contribution in [3.63, 3.8) is 0 Å². The molecule has 0 fully saturated rings. The molecule has 23 heavy (non-hydrogen) atoms. The maximum atomic E-state index is 2.32. The Morgan fingerprint density at radius 3 is 0.870 bits per heavy atom. The predicted molar refractivity (Wildman–Crippen MR) is 98.2 cm³/mol. The monoisotopic (exact) mass is 382 g/mol. The first-order chi connectivity index (χ1) is 10.6. The zero-order chi connectivity index (χ0) is 15.5. The van der Waals surface area contributed by atoms with Crippen LogP contribution in [-0.2, 0) is 0 Å². The molecule has 0 aliphatic heterocycles. The number of aryl methyl sites for hydroxylation is 3. The molecule has 0 atom stereocenters. The van der Waals surface area contributed by atoms with Crippen LogP contribution in [-0.4, -0.2) is 14.3 Å². The Balaban J connectivity index is 0.00000192. The summed E-state index contributed by atoms with van der Waals surface area (Å²) < 4.78 is 4.54. The molecule has 0 amide bonds. The van der Waals surface area contributed by atoms with E-state index in [0.29, 0.717) is 0 Å². The Morgan fingerprint density at radius 2 is 0.652 bits per heavy atom. The molecule has 116 valence electrons. The van der Waals surface area contributed by atoms with E-state index in [1.807, 2.05) is 0 Å². The minimum Gasteiger partial charge on any atom is -1.00 e. The van der Waals surface area contributed by atoms with Gasteiger partial charge < -0.3 is 12.4 Å². The minimum atomic E-state index is -1.70. The van der Waals surface area contributed by atoms with Gasteiger partial charge in [0, 0.05) is 0 Å². The summed E-state index contributed by atoms with van der Waals surface area (Å²) in [6, 6.07) is 27.4. The van der Waals surface area contributed by atoms with Crippen molar-refractivity contribution >= 4 is 27.5 Å². The normalized spacial score (nSPS) is 10.0. The zero-order valence-electron chi connectivity index (χ0n) is 13.8. The minimum absolute atomic E-state index is 0. The van der Waals surface area contributed by atoms with Crippen molar-refractivity contribution in [2.24, 2.45) is 0 Å². The van der Waals surface area contributed by atoms with E-state index in [0.717, 1.165) is 0 Å². The Morgan fingerprint density at radius 1 is 0.435 bits per heavy atom. The van der Waals surface area contributed by atoms with Crippen LogP contribution in [0.5, 0.6) is 0 Å². The van der Waals surface area contributed by atoms with Gasteiger partial charge >= 0.3 is 138 Å². The number of rotatable bonds is 3. The largest absolute Gasteiger partial charge is 1.00 e. The Labute approximate surface area is 150 Å². The molecule has 0 spiro atoms. The molecule has 0 bridgehead atoms. The molecule has 0 aliphatic rings. The summed E-state index contributed by atoms with van der Waals surface area (Å²) in [5.41, 5.74) is 3.98. The topological polar surface area (TPSA) is 0 Å². The molecular formula is C21H21ClGe. The Hall–Kier alpha value is -1.51. The summed E-state index contributed by atoms with van der Waals surface area (Å²) in [6.45, 7) is 6.46. The standard InChI is InChI=1S/C21H21Ge.ClH/c1-16-4-10-19(11-5-16)22(20-12-6-17(2)7-13-20)21-14-8-18(3)9-15-21;/h4-15H,1-3H3;1H/q+1;/p-1. The molecule has 0 saturated heterocycles. The van der Waals surface area contributed by atoms with Gasteiger partial charge in [-0.3, -0.25) is 0 Å².